The molecule has 2 aromatic rings. The quantitative estimate of drug-likeness (QED) is 0.629. The van der Waals surface area contributed by atoms with Gasteiger partial charge in [-0.25, -0.2) is 4.39 Å². The van der Waals surface area contributed by atoms with Crippen LogP contribution in [0, 0.1) is 12.7 Å². The third-order valence-corrected chi connectivity index (χ3v) is 5.06. The fourth-order valence-corrected chi connectivity index (χ4v) is 3.44. The molecule has 0 aliphatic carbocycles. The van der Waals surface area contributed by atoms with Crippen molar-refractivity contribution in [2.24, 2.45) is 4.99 Å². The number of benzene rings is 1. The molecule has 5 nitrogen and oxygen atoms in total. The van der Waals surface area contributed by atoms with Gasteiger partial charge in [-0.3, -0.25) is 9.98 Å². The monoisotopic (exact) mass is 369 g/mol. The number of anilines is 1. The lowest BCUT2D eigenvalue weighted by Gasteiger charge is -2.34. The molecule has 0 atom stereocenters. The first kappa shape index (κ1) is 19.1. The lowest BCUT2D eigenvalue weighted by molar-refractivity contribution is 0.461. The number of nitrogens with one attached hydrogen (secondary N) is 2. The Balaban J connectivity index is 1.44. The third kappa shape index (κ3) is 5.42. The van der Waals surface area contributed by atoms with Crippen LogP contribution >= 0.6 is 0 Å². The van der Waals surface area contributed by atoms with Crippen molar-refractivity contribution in [1.82, 2.24) is 15.6 Å². The van der Waals surface area contributed by atoms with E-state index in [1.807, 2.05) is 18.5 Å². The highest BCUT2D eigenvalue weighted by Crippen LogP contribution is 2.20. The van der Waals surface area contributed by atoms with Gasteiger partial charge in [0.15, 0.2) is 5.96 Å². The summed E-state index contributed by atoms with van der Waals surface area (Å²) in [5, 5.41) is 6.91. The van der Waals surface area contributed by atoms with Crippen LogP contribution < -0.4 is 15.5 Å². The molecule has 0 saturated carbocycles. The normalized spacial score (nSPS) is 15.7. The summed E-state index contributed by atoms with van der Waals surface area (Å²) in [5.41, 5.74) is 3.48. The lowest BCUT2D eigenvalue weighted by Crippen LogP contribution is -2.49. The van der Waals surface area contributed by atoms with Gasteiger partial charge in [-0.1, -0.05) is 6.07 Å². The highest BCUT2D eigenvalue weighted by atomic mass is 19.1. The molecule has 1 aromatic carbocycles. The van der Waals surface area contributed by atoms with Crippen LogP contribution in [0.3, 0.4) is 0 Å². The molecule has 0 bridgehead atoms. The molecule has 6 heteroatoms. The summed E-state index contributed by atoms with van der Waals surface area (Å²) in [4.78, 5) is 10.7. The Kier molecular flexibility index (Phi) is 6.63. The molecule has 1 aliphatic heterocycles. The van der Waals surface area contributed by atoms with Gasteiger partial charge in [0, 0.05) is 50.8 Å². The molecule has 2 N–H and O–H groups in total. The number of aromatic nitrogens is 1. The Bertz CT molecular complexity index is 769. The molecule has 0 spiro atoms. The zero-order valence-corrected chi connectivity index (χ0v) is 16.1. The summed E-state index contributed by atoms with van der Waals surface area (Å²) < 4.78 is 13.4. The Morgan fingerprint density at radius 3 is 2.81 bits per heavy atom. The molecule has 1 saturated heterocycles. The number of aliphatic imine (C=N–C) groups is 1. The Morgan fingerprint density at radius 1 is 1.30 bits per heavy atom. The van der Waals surface area contributed by atoms with Gasteiger partial charge in [0.05, 0.1) is 0 Å². The number of guanidine groups is 1. The zero-order chi connectivity index (χ0) is 19.1. The van der Waals surface area contributed by atoms with Crippen molar-refractivity contribution in [3.63, 3.8) is 0 Å². The number of rotatable bonds is 5. The smallest absolute Gasteiger partial charge is 0.191 e. The van der Waals surface area contributed by atoms with Crippen molar-refractivity contribution < 1.29 is 4.39 Å². The Labute approximate surface area is 160 Å². The maximum Gasteiger partial charge on any atom is 0.191 e. The number of pyridine rings is 1. The van der Waals surface area contributed by atoms with E-state index in [-0.39, 0.29) is 5.82 Å². The van der Waals surface area contributed by atoms with Crippen molar-refractivity contribution in [2.75, 3.05) is 31.6 Å². The van der Waals surface area contributed by atoms with Gasteiger partial charge in [0.1, 0.15) is 5.82 Å². The van der Waals surface area contributed by atoms with Crippen LogP contribution in [-0.2, 0) is 6.42 Å². The number of nitrogens with zero attached hydrogens (tertiary/aromatic N) is 3. The fraction of sp³-hybridized carbons (Fsp3) is 0.429. The van der Waals surface area contributed by atoms with Crippen molar-refractivity contribution >= 4 is 11.6 Å². The summed E-state index contributed by atoms with van der Waals surface area (Å²) in [6, 6.07) is 9.28. The van der Waals surface area contributed by atoms with Gasteiger partial charge in [-0.15, -0.1) is 0 Å². The van der Waals surface area contributed by atoms with Gasteiger partial charge in [-0.2, -0.15) is 0 Å². The van der Waals surface area contributed by atoms with E-state index in [2.05, 4.69) is 38.5 Å². The summed E-state index contributed by atoms with van der Waals surface area (Å²) in [7, 11) is 1.80. The van der Waals surface area contributed by atoms with E-state index in [1.165, 1.54) is 17.2 Å². The van der Waals surface area contributed by atoms with Gasteiger partial charge >= 0.3 is 0 Å². The molecular weight excluding hydrogens is 341 g/mol. The molecule has 3 rings (SSSR count). The molecule has 2 heterocycles. The maximum absolute atomic E-state index is 13.4. The molecule has 1 fully saturated rings. The van der Waals surface area contributed by atoms with Crippen LogP contribution in [0.5, 0.6) is 0 Å². The Morgan fingerprint density at radius 2 is 2.11 bits per heavy atom. The van der Waals surface area contributed by atoms with Crippen LogP contribution in [0.1, 0.15) is 24.0 Å². The van der Waals surface area contributed by atoms with Crippen molar-refractivity contribution in [1.29, 1.82) is 0 Å². The Hall–Kier alpha value is -2.63. The van der Waals surface area contributed by atoms with Crippen molar-refractivity contribution in [3.05, 3.63) is 59.7 Å². The molecule has 0 unspecified atom stereocenters. The van der Waals surface area contributed by atoms with E-state index in [0.29, 0.717) is 6.04 Å². The van der Waals surface area contributed by atoms with Gasteiger partial charge in [0.2, 0.25) is 0 Å². The minimum Gasteiger partial charge on any atom is -0.371 e. The lowest BCUT2D eigenvalue weighted by atomic mass is 10.0. The van der Waals surface area contributed by atoms with E-state index < -0.39 is 0 Å². The second-order valence-corrected chi connectivity index (χ2v) is 6.94. The molecule has 0 amide bonds. The first-order valence-electron chi connectivity index (χ1n) is 9.53. The summed E-state index contributed by atoms with van der Waals surface area (Å²) in [6.45, 7) is 4.73. The first-order valence-corrected chi connectivity index (χ1v) is 9.53. The zero-order valence-electron chi connectivity index (χ0n) is 16.1. The van der Waals surface area contributed by atoms with E-state index in [1.54, 1.807) is 19.2 Å². The molecule has 1 aromatic heterocycles. The van der Waals surface area contributed by atoms with Crippen LogP contribution in [-0.4, -0.2) is 43.7 Å². The van der Waals surface area contributed by atoms with Crippen molar-refractivity contribution in [3.8, 4) is 0 Å². The number of halogens is 1. The van der Waals surface area contributed by atoms with Crippen molar-refractivity contribution in [2.45, 2.75) is 32.2 Å². The SMILES string of the molecule is CN=C(NCCc1ccncc1C)NC1CCN(c2cccc(F)c2)CC1. The van der Waals surface area contributed by atoms with Crippen LogP contribution in [0.15, 0.2) is 47.7 Å². The predicted molar refractivity (Wildman–Crippen MR) is 109 cm³/mol. The highest BCUT2D eigenvalue weighted by molar-refractivity contribution is 5.80. The second kappa shape index (κ2) is 9.35. The minimum atomic E-state index is -0.179. The van der Waals surface area contributed by atoms with Gasteiger partial charge < -0.3 is 15.5 Å². The topological polar surface area (TPSA) is 52.6 Å². The highest BCUT2D eigenvalue weighted by Gasteiger charge is 2.20. The number of hydrogen-bond acceptors (Lipinski definition) is 3. The van der Waals surface area contributed by atoms with Crippen LogP contribution in [0.2, 0.25) is 0 Å². The summed E-state index contributed by atoms with van der Waals surface area (Å²) >= 11 is 0. The van der Waals surface area contributed by atoms with Crippen LogP contribution in [0.25, 0.3) is 0 Å². The second-order valence-electron chi connectivity index (χ2n) is 6.94. The van der Waals surface area contributed by atoms with E-state index in [9.17, 15) is 4.39 Å². The third-order valence-electron chi connectivity index (χ3n) is 5.06. The predicted octanol–water partition coefficient (Wildman–Crippen LogP) is 2.91. The molecule has 0 radical (unpaired) electrons. The number of piperidine rings is 1. The average molecular weight is 369 g/mol. The standard InChI is InChI=1S/C21H28FN5/c1-16-15-24-10-6-17(16)7-11-25-21(23-2)26-19-8-12-27(13-9-19)20-5-3-4-18(22)14-20/h3-6,10,14-15,19H,7-9,11-13H2,1-2H3,(H2,23,25,26). The van der Waals surface area contributed by atoms with Gasteiger partial charge in [0.25, 0.3) is 0 Å². The maximum atomic E-state index is 13.4. The average Bonchev–Trinajstić information content (AvgIpc) is 2.69. The van der Waals surface area contributed by atoms with Gasteiger partial charge in [-0.05, 0) is 61.6 Å². The number of hydrogen-bond donors (Lipinski definition) is 2. The first-order chi connectivity index (χ1) is 13.2. The largest absolute Gasteiger partial charge is 0.371 e. The molecular formula is C21H28FN5. The minimum absolute atomic E-state index is 0.179. The van der Waals surface area contributed by atoms with E-state index in [4.69, 9.17) is 0 Å². The summed E-state index contributed by atoms with van der Waals surface area (Å²) in [6.07, 6.45) is 6.67. The molecule has 1 aliphatic rings. The van der Waals surface area contributed by atoms with E-state index in [0.717, 1.165) is 50.5 Å². The summed E-state index contributed by atoms with van der Waals surface area (Å²) in [5.74, 6) is 0.660. The van der Waals surface area contributed by atoms with Crippen LogP contribution in [0.4, 0.5) is 10.1 Å². The van der Waals surface area contributed by atoms with E-state index >= 15 is 0 Å². The number of aryl methyl sites for hydroxylation is 1. The molecule has 27 heavy (non-hydrogen) atoms. The fourth-order valence-electron chi connectivity index (χ4n) is 3.44. The molecule has 144 valence electrons.